The second-order valence-corrected chi connectivity index (χ2v) is 7.54. The Bertz CT molecular complexity index is 1160. The van der Waals surface area contributed by atoms with Crippen LogP contribution in [0.4, 0.5) is 10.8 Å². The SMILES string of the molecule is COc1cccc(/C=C/C(=O)N(c2nc3ccccc3s2)c2ccccc2C)c1. The van der Waals surface area contributed by atoms with Gasteiger partial charge in [0.25, 0.3) is 5.91 Å². The molecule has 144 valence electrons. The van der Waals surface area contributed by atoms with Gasteiger partial charge in [-0.25, -0.2) is 4.98 Å². The first-order chi connectivity index (χ1) is 14.2. The number of fused-ring (bicyclic) bond motifs is 1. The quantitative estimate of drug-likeness (QED) is 0.386. The van der Waals surface area contributed by atoms with Gasteiger partial charge in [-0.15, -0.1) is 0 Å². The highest BCUT2D eigenvalue weighted by Crippen LogP contribution is 2.35. The first-order valence-corrected chi connectivity index (χ1v) is 10.0. The van der Waals surface area contributed by atoms with E-state index in [1.807, 2.05) is 79.7 Å². The van der Waals surface area contributed by atoms with E-state index in [2.05, 4.69) is 0 Å². The molecule has 4 rings (SSSR count). The zero-order chi connectivity index (χ0) is 20.2. The van der Waals surface area contributed by atoms with Gasteiger partial charge in [-0.2, -0.15) is 0 Å². The van der Waals surface area contributed by atoms with E-state index >= 15 is 0 Å². The lowest BCUT2D eigenvalue weighted by Crippen LogP contribution is -2.24. The highest BCUT2D eigenvalue weighted by molar-refractivity contribution is 7.22. The Balaban J connectivity index is 1.74. The number of carbonyl (C=O) groups is 1. The molecule has 4 nitrogen and oxygen atoms in total. The molecule has 3 aromatic carbocycles. The molecular weight excluding hydrogens is 380 g/mol. The zero-order valence-corrected chi connectivity index (χ0v) is 17.0. The second-order valence-electron chi connectivity index (χ2n) is 6.53. The number of aryl methyl sites for hydroxylation is 1. The van der Waals surface area contributed by atoms with E-state index in [9.17, 15) is 4.79 Å². The summed E-state index contributed by atoms with van der Waals surface area (Å²) >= 11 is 1.51. The molecule has 1 aromatic heterocycles. The number of carbonyl (C=O) groups excluding carboxylic acids is 1. The van der Waals surface area contributed by atoms with Crippen LogP contribution in [0.25, 0.3) is 16.3 Å². The van der Waals surface area contributed by atoms with E-state index in [-0.39, 0.29) is 5.91 Å². The van der Waals surface area contributed by atoms with Gasteiger partial charge in [-0.05, 0) is 54.5 Å². The van der Waals surface area contributed by atoms with E-state index in [0.717, 1.165) is 32.8 Å². The van der Waals surface area contributed by atoms with Crippen LogP contribution in [0.3, 0.4) is 0 Å². The van der Waals surface area contributed by atoms with Crippen LogP contribution in [-0.4, -0.2) is 18.0 Å². The smallest absolute Gasteiger partial charge is 0.257 e. The van der Waals surface area contributed by atoms with E-state index in [1.54, 1.807) is 24.2 Å². The average molecular weight is 401 g/mol. The summed E-state index contributed by atoms with van der Waals surface area (Å²) in [7, 11) is 1.63. The summed E-state index contributed by atoms with van der Waals surface area (Å²) in [4.78, 5) is 19.7. The maximum Gasteiger partial charge on any atom is 0.257 e. The van der Waals surface area contributed by atoms with Crippen LogP contribution in [0.15, 0.2) is 78.9 Å². The van der Waals surface area contributed by atoms with Gasteiger partial charge >= 0.3 is 0 Å². The summed E-state index contributed by atoms with van der Waals surface area (Å²) in [6.07, 6.45) is 3.37. The Morgan fingerprint density at radius 1 is 1.03 bits per heavy atom. The fourth-order valence-electron chi connectivity index (χ4n) is 3.07. The van der Waals surface area contributed by atoms with E-state index < -0.39 is 0 Å². The van der Waals surface area contributed by atoms with Gasteiger partial charge in [0.2, 0.25) is 0 Å². The lowest BCUT2D eigenvalue weighted by molar-refractivity contribution is -0.113. The number of thiazole rings is 1. The molecule has 0 radical (unpaired) electrons. The van der Waals surface area contributed by atoms with Crippen LogP contribution in [0.5, 0.6) is 5.75 Å². The molecule has 0 spiro atoms. The van der Waals surface area contributed by atoms with Crippen molar-refractivity contribution in [2.24, 2.45) is 0 Å². The topological polar surface area (TPSA) is 42.4 Å². The minimum Gasteiger partial charge on any atom is -0.497 e. The summed E-state index contributed by atoms with van der Waals surface area (Å²) in [5.74, 6) is 0.600. The Hall–Kier alpha value is -3.44. The van der Waals surface area contributed by atoms with E-state index in [0.29, 0.717) is 5.13 Å². The van der Waals surface area contributed by atoms with Crippen molar-refractivity contribution >= 4 is 44.4 Å². The zero-order valence-electron chi connectivity index (χ0n) is 16.2. The van der Waals surface area contributed by atoms with Gasteiger partial charge in [-0.1, -0.05) is 53.8 Å². The number of nitrogens with zero attached hydrogens (tertiary/aromatic N) is 2. The summed E-state index contributed by atoms with van der Waals surface area (Å²) in [5.41, 5.74) is 3.61. The average Bonchev–Trinajstić information content (AvgIpc) is 3.17. The number of para-hydroxylation sites is 2. The third kappa shape index (κ3) is 4.05. The van der Waals surface area contributed by atoms with Crippen LogP contribution < -0.4 is 9.64 Å². The highest BCUT2D eigenvalue weighted by Gasteiger charge is 2.21. The molecule has 1 heterocycles. The maximum absolute atomic E-state index is 13.3. The predicted molar refractivity (Wildman–Crippen MR) is 120 cm³/mol. The predicted octanol–water partition coefficient (Wildman–Crippen LogP) is 5.99. The number of rotatable bonds is 5. The van der Waals surface area contributed by atoms with Gasteiger partial charge < -0.3 is 4.74 Å². The fraction of sp³-hybridized carbons (Fsp3) is 0.0833. The molecule has 4 aromatic rings. The van der Waals surface area contributed by atoms with Crippen molar-refractivity contribution in [1.82, 2.24) is 4.98 Å². The molecule has 29 heavy (non-hydrogen) atoms. The number of anilines is 2. The molecular formula is C24H20N2O2S. The van der Waals surface area contributed by atoms with Crippen molar-refractivity contribution in [2.75, 3.05) is 12.0 Å². The third-order valence-electron chi connectivity index (χ3n) is 4.56. The first kappa shape index (κ1) is 18.9. The number of aromatic nitrogens is 1. The molecule has 0 bridgehead atoms. The largest absolute Gasteiger partial charge is 0.497 e. The Kier molecular flexibility index (Phi) is 5.40. The summed E-state index contributed by atoms with van der Waals surface area (Å²) in [6, 6.07) is 23.3. The van der Waals surface area contributed by atoms with Crippen molar-refractivity contribution < 1.29 is 9.53 Å². The summed E-state index contributed by atoms with van der Waals surface area (Å²) in [6.45, 7) is 1.99. The van der Waals surface area contributed by atoms with Crippen molar-refractivity contribution in [2.45, 2.75) is 6.92 Å². The Morgan fingerprint density at radius 3 is 2.62 bits per heavy atom. The van der Waals surface area contributed by atoms with Crippen LogP contribution in [0.1, 0.15) is 11.1 Å². The van der Waals surface area contributed by atoms with Crippen LogP contribution in [0, 0.1) is 6.92 Å². The number of ether oxygens (including phenoxy) is 1. The van der Waals surface area contributed by atoms with Gasteiger partial charge in [0.05, 0.1) is 23.0 Å². The summed E-state index contributed by atoms with van der Waals surface area (Å²) in [5, 5.41) is 0.654. The molecule has 5 heteroatoms. The molecule has 0 N–H and O–H groups in total. The van der Waals surface area contributed by atoms with Crippen LogP contribution in [0.2, 0.25) is 0 Å². The van der Waals surface area contributed by atoms with Crippen molar-refractivity contribution in [1.29, 1.82) is 0 Å². The van der Waals surface area contributed by atoms with E-state index in [4.69, 9.17) is 9.72 Å². The van der Waals surface area contributed by atoms with Crippen LogP contribution >= 0.6 is 11.3 Å². The number of benzene rings is 3. The normalized spacial score (nSPS) is 11.1. The van der Waals surface area contributed by atoms with Gasteiger partial charge in [0.15, 0.2) is 5.13 Å². The first-order valence-electron chi connectivity index (χ1n) is 9.23. The van der Waals surface area contributed by atoms with Gasteiger partial charge in [0, 0.05) is 6.08 Å². The minimum absolute atomic E-state index is 0.152. The highest BCUT2D eigenvalue weighted by atomic mass is 32.1. The molecule has 0 saturated heterocycles. The third-order valence-corrected chi connectivity index (χ3v) is 5.58. The van der Waals surface area contributed by atoms with Crippen molar-refractivity contribution in [3.8, 4) is 5.75 Å². The van der Waals surface area contributed by atoms with E-state index in [1.165, 1.54) is 11.3 Å². The molecule has 0 aliphatic rings. The molecule has 0 aliphatic carbocycles. The summed E-state index contributed by atoms with van der Waals surface area (Å²) < 4.78 is 6.31. The minimum atomic E-state index is -0.152. The Morgan fingerprint density at radius 2 is 1.83 bits per heavy atom. The van der Waals surface area contributed by atoms with Crippen LogP contribution in [-0.2, 0) is 4.79 Å². The number of hydrogen-bond donors (Lipinski definition) is 0. The lowest BCUT2D eigenvalue weighted by Gasteiger charge is -2.20. The molecule has 0 unspecified atom stereocenters. The van der Waals surface area contributed by atoms with Gasteiger partial charge in [0.1, 0.15) is 5.75 Å². The van der Waals surface area contributed by atoms with Crippen molar-refractivity contribution in [3.63, 3.8) is 0 Å². The maximum atomic E-state index is 13.3. The van der Waals surface area contributed by atoms with Crippen molar-refractivity contribution in [3.05, 3.63) is 90.0 Å². The second kappa shape index (κ2) is 8.29. The number of methoxy groups -OCH3 is 1. The molecule has 0 aliphatic heterocycles. The molecule has 0 atom stereocenters. The molecule has 0 saturated carbocycles. The van der Waals surface area contributed by atoms with Gasteiger partial charge in [-0.3, -0.25) is 9.69 Å². The monoisotopic (exact) mass is 400 g/mol. The lowest BCUT2D eigenvalue weighted by atomic mass is 10.1. The fourth-order valence-corrected chi connectivity index (χ4v) is 4.06. The Labute approximate surface area is 173 Å². The standard InChI is InChI=1S/C24H20N2O2S/c1-17-8-3-5-12-21(17)26(24-25-20-11-4-6-13-22(20)29-24)23(27)15-14-18-9-7-10-19(16-18)28-2/h3-16H,1-2H3/b15-14+. The molecule has 1 amide bonds. The number of amides is 1. The molecule has 0 fully saturated rings. The number of hydrogen-bond acceptors (Lipinski definition) is 4.